The van der Waals surface area contributed by atoms with E-state index in [1.807, 2.05) is 0 Å². The van der Waals surface area contributed by atoms with Crippen molar-refractivity contribution < 1.29 is 19.1 Å². The Morgan fingerprint density at radius 1 is 1.12 bits per heavy atom. The summed E-state index contributed by atoms with van der Waals surface area (Å²) >= 11 is 0. The minimum absolute atomic E-state index is 0.166. The fourth-order valence-electron chi connectivity index (χ4n) is 2.83. The van der Waals surface area contributed by atoms with Crippen molar-refractivity contribution in [1.82, 2.24) is 4.90 Å². The van der Waals surface area contributed by atoms with Gasteiger partial charge in [0.05, 0.1) is 29.6 Å². The van der Waals surface area contributed by atoms with Crippen molar-refractivity contribution in [2.24, 2.45) is 0 Å². The molecular weight excluding hydrogens is 334 g/mol. The molecule has 1 heterocycles. The highest BCUT2D eigenvalue weighted by atomic mass is 16.5. The van der Waals surface area contributed by atoms with Crippen LogP contribution in [0.25, 0.3) is 0 Å². The molecule has 0 spiro atoms. The molecule has 0 aromatic heterocycles. The summed E-state index contributed by atoms with van der Waals surface area (Å²) in [6.45, 7) is 0.192. The number of rotatable bonds is 6. The molecule has 26 heavy (non-hydrogen) atoms. The molecule has 7 heteroatoms. The van der Waals surface area contributed by atoms with Crippen LogP contribution in [0.2, 0.25) is 0 Å². The lowest BCUT2D eigenvalue weighted by atomic mass is 10.1. The maximum atomic E-state index is 12.3. The van der Waals surface area contributed by atoms with E-state index < -0.39 is 0 Å². The number of ether oxygens (including phenoxy) is 1. The second-order valence-electron chi connectivity index (χ2n) is 5.91. The van der Waals surface area contributed by atoms with Crippen LogP contribution >= 0.6 is 0 Å². The van der Waals surface area contributed by atoms with E-state index in [4.69, 9.17) is 10.5 Å². The molecule has 0 bridgehead atoms. The maximum absolute atomic E-state index is 12.3. The number of nitrogens with two attached hydrogens (primary N) is 1. The Morgan fingerprint density at radius 3 is 2.35 bits per heavy atom. The number of anilines is 2. The van der Waals surface area contributed by atoms with Gasteiger partial charge in [-0.3, -0.25) is 19.3 Å². The van der Waals surface area contributed by atoms with Crippen LogP contribution in [0.5, 0.6) is 5.75 Å². The third-order valence-corrected chi connectivity index (χ3v) is 4.20. The molecule has 3 amide bonds. The Balaban J connectivity index is 1.53. The van der Waals surface area contributed by atoms with E-state index in [9.17, 15) is 14.4 Å². The average molecular weight is 353 g/mol. The number of amides is 3. The van der Waals surface area contributed by atoms with Gasteiger partial charge in [0.25, 0.3) is 11.8 Å². The van der Waals surface area contributed by atoms with E-state index in [0.29, 0.717) is 34.7 Å². The summed E-state index contributed by atoms with van der Waals surface area (Å²) in [5.41, 5.74) is 7.58. The summed E-state index contributed by atoms with van der Waals surface area (Å²) in [4.78, 5) is 37.8. The van der Waals surface area contributed by atoms with Gasteiger partial charge in [-0.25, -0.2) is 0 Å². The molecule has 0 unspecified atom stereocenters. The molecule has 7 nitrogen and oxygen atoms in total. The molecule has 0 aliphatic carbocycles. The molecule has 3 N–H and O–H groups in total. The maximum Gasteiger partial charge on any atom is 0.261 e. The lowest BCUT2D eigenvalue weighted by Gasteiger charge is -2.14. The minimum Gasteiger partial charge on any atom is -0.497 e. The molecule has 2 aromatic carbocycles. The van der Waals surface area contributed by atoms with Gasteiger partial charge in [0.15, 0.2) is 0 Å². The van der Waals surface area contributed by atoms with E-state index in [2.05, 4.69) is 5.32 Å². The highest BCUT2D eigenvalue weighted by Crippen LogP contribution is 2.25. The Morgan fingerprint density at radius 2 is 1.77 bits per heavy atom. The number of hydrogen-bond acceptors (Lipinski definition) is 5. The third kappa shape index (κ3) is 3.37. The standard InChI is InChI=1S/C19H19N3O4/c1-26-12-8-9-16(15(20)11-12)21-17(23)7-4-10-22-18(24)13-5-2-3-6-14(13)19(22)25/h2-3,5-6,8-9,11H,4,7,10,20H2,1H3,(H,21,23). The second kappa shape index (κ2) is 7.26. The lowest BCUT2D eigenvalue weighted by molar-refractivity contribution is -0.116. The third-order valence-electron chi connectivity index (χ3n) is 4.20. The first-order valence-electron chi connectivity index (χ1n) is 8.20. The number of benzene rings is 2. The smallest absolute Gasteiger partial charge is 0.261 e. The molecule has 0 saturated carbocycles. The average Bonchev–Trinajstić information content (AvgIpc) is 2.88. The number of nitrogens with zero attached hydrogens (tertiary/aromatic N) is 1. The first kappa shape index (κ1) is 17.5. The quantitative estimate of drug-likeness (QED) is 0.613. The molecule has 1 aliphatic rings. The van der Waals surface area contributed by atoms with Crippen LogP contribution in [-0.4, -0.2) is 36.3 Å². The van der Waals surface area contributed by atoms with Crippen molar-refractivity contribution in [1.29, 1.82) is 0 Å². The Labute approximate surface area is 150 Å². The number of imide groups is 1. The SMILES string of the molecule is COc1ccc(NC(=O)CCCN2C(=O)c3ccccc3C2=O)c(N)c1. The highest BCUT2D eigenvalue weighted by Gasteiger charge is 2.34. The predicted octanol–water partition coefficient (Wildman–Crippen LogP) is 2.29. The van der Waals surface area contributed by atoms with Crippen LogP contribution in [0.4, 0.5) is 11.4 Å². The number of fused-ring (bicyclic) bond motifs is 1. The summed E-state index contributed by atoms with van der Waals surface area (Å²) in [5, 5.41) is 2.72. The van der Waals surface area contributed by atoms with Gasteiger partial charge in [-0.15, -0.1) is 0 Å². The summed E-state index contributed by atoms with van der Waals surface area (Å²) in [5.74, 6) is -0.264. The van der Waals surface area contributed by atoms with Gasteiger partial charge < -0.3 is 15.8 Å². The van der Waals surface area contributed by atoms with Gasteiger partial charge in [-0.2, -0.15) is 0 Å². The first-order chi connectivity index (χ1) is 12.5. The second-order valence-corrected chi connectivity index (χ2v) is 5.91. The van der Waals surface area contributed by atoms with Crippen molar-refractivity contribution in [2.45, 2.75) is 12.8 Å². The van der Waals surface area contributed by atoms with Gasteiger partial charge in [0, 0.05) is 19.0 Å². The minimum atomic E-state index is -0.314. The van der Waals surface area contributed by atoms with E-state index >= 15 is 0 Å². The Hall–Kier alpha value is -3.35. The number of carbonyl (C=O) groups is 3. The van der Waals surface area contributed by atoms with Gasteiger partial charge in [0.1, 0.15) is 5.75 Å². The van der Waals surface area contributed by atoms with Crippen molar-refractivity contribution in [3.63, 3.8) is 0 Å². The van der Waals surface area contributed by atoms with Crippen LogP contribution < -0.4 is 15.8 Å². The number of hydrogen-bond donors (Lipinski definition) is 2. The van der Waals surface area contributed by atoms with Crippen LogP contribution in [-0.2, 0) is 4.79 Å². The zero-order valence-corrected chi connectivity index (χ0v) is 14.3. The molecule has 134 valence electrons. The Kier molecular flexibility index (Phi) is 4.88. The van der Waals surface area contributed by atoms with E-state index in [1.165, 1.54) is 12.0 Å². The van der Waals surface area contributed by atoms with Crippen molar-refractivity contribution >= 4 is 29.1 Å². The predicted molar refractivity (Wildman–Crippen MR) is 97.1 cm³/mol. The zero-order valence-electron chi connectivity index (χ0n) is 14.3. The number of nitrogens with one attached hydrogen (secondary N) is 1. The topological polar surface area (TPSA) is 102 Å². The fourth-order valence-corrected chi connectivity index (χ4v) is 2.83. The zero-order chi connectivity index (χ0) is 18.7. The van der Waals surface area contributed by atoms with Crippen LogP contribution in [0.15, 0.2) is 42.5 Å². The first-order valence-corrected chi connectivity index (χ1v) is 8.20. The molecule has 0 radical (unpaired) electrons. The lowest BCUT2D eigenvalue weighted by Crippen LogP contribution is -2.31. The van der Waals surface area contributed by atoms with Gasteiger partial charge in [-0.1, -0.05) is 12.1 Å². The number of carbonyl (C=O) groups excluding carboxylic acids is 3. The van der Waals surface area contributed by atoms with Crippen LogP contribution in [0, 0.1) is 0 Å². The van der Waals surface area contributed by atoms with E-state index in [-0.39, 0.29) is 30.7 Å². The molecule has 0 saturated heterocycles. The molecule has 0 fully saturated rings. The molecule has 3 rings (SSSR count). The fraction of sp³-hybridized carbons (Fsp3) is 0.211. The summed E-state index contributed by atoms with van der Waals surface area (Å²) in [6.07, 6.45) is 0.534. The van der Waals surface area contributed by atoms with Crippen LogP contribution in [0.3, 0.4) is 0 Å². The molecule has 2 aromatic rings. The van der Waals surface area contributed by atoms with Gasteiger partial charge in [0.2, 0.25) is 5.91 Å². The number of methoxy groups -OCH3 is 1. The molecule has 0 atom stereocenters. The normalized spacial score (nSPS) is 12.9. The van der Waals surface area contributed by atoms with E-state index in [0.717, 1.165) is 0 Å². The Bertz CT molecular complexity index is 844. The monoisotopic (exact) mass is 353 g/mol. The van der Waals surface area contributed by atoms with E-state index in [1.54, 1.807) is 42.5 Å². The van der Waals surface area contributed by atoms with Crippen molar-refractivity contribution in [3.05, 3.63) is 53.6 Å². The van der Waals surface area contributed by atoms with Gasteiger partial charge >= 0.3 is 0 Å². The van der Waals surface area contributed by atoms with Crippen LogP contribution in [0.1, 0.15) is 33.6 Å². The molecular formula is C19H19N3O4. The highest BCUT2D eigenvalue weighted by molar-refractivity contribution is 6.21. The summed E-state index contributed by atoms with van der Waals surface area (Å²) in [6, 6.07) is 11.7. The van der Waals surface area contributed by atoms with Crippen molar-refractivity contribution in [2.75, 3.05) is 24.7 Å². The largest absolute Gasteiger partial charge is 0.497 e. The number of nitrogen functional groups attached to an aromatic ring is 1. The van der Waals surface area contributed by atoms with Gasteiger partial charge in [-0.05, 0) is 30.7 Å². The molecule has 1 aliphatic heterocycles. The van der Waals surface area contributed by atoms with Crippen molar-refractivity contribution in [3.8, 4) is 5.75 Å². The summed E-state index contributed by atoms with van der Waals surface area (Å²) in [7, 11) is 1.53. The summed E-state index contributed by atoms with van der Waals surface area (Å²) < 4.78 is 5.06.